The van der Waals surface area contributed by atoms with Gasteiger partial charge in [-0.25, -0.2) is 0 Å². The van der Waals surface area contributed by atoms with Crippen molar-refractivity contribution in [3.05, 3.63) is 0 Å². The van der Waals surface area contributed by atoms with Crippen molar-refractivity contribution in [2.75, 3.05) is 39.5 Å². The molecule has 0 aliphatic heterocycles. The second-order valence-electron chi connectivity index (χ2n) is 16.0. The van der Waals surface area contributed by atoms with E-state index in [4.69, 9.17) is 4.55 Å². The number of nitrogens with zero attached hydrogens (tertiary/aromatic N) is 1. The van der Waals surface area contributed by atoms with E-state index in [1.54, 1.807) is 0 Å². The van der Waals surface area contributed by atoms with Gasteiger partial charge in [0.15, 0.2) is 0 Å². The fourth-order valence-electron chi connectivity index (χ4n) is 10.5. The van der Waals surface area contributed by atoms with E-state index < -0.39 is 28.1 Å². The number of hydrogen-bond acceptors (Lipinski definition) is 7. The molecule has 0 unspecified atom stereocenters. The van der Waals surface area contributed by atoms with Gasteiger partial charge in [-0.3, -0.25) is 9.35 Å². The van der Waals surface area contributed by atoms with Crippen LogP contribution in [0.25, 0.3) is 0 Å². The topological polar surface area (TPSA) is 164 Å². The van der Waals surface area contributed by atoms with Crippen molar-refractivity contribution in [2.24, 2.45) is 46.3 Å². The summed E-state index contributed by atoms with van der Waals surface area (Å²) in [5.41, 5.74) is -0.222. The molecule has 0 bridgehead atoms. The lowest BCUT2D eigenvalue weighted by Crippen LogP contribution is -2.62. The molecule has 4 aliphatic rings. The van der Waals surface area contributed by atoms with Crippen LogP contribution in [-0.2, 0) is 14.9 Å². The first-order valence-electron chi connectivity index (χ1n) is 16.6. The Kier molecular flexibility index (Phi) is 10.7. The number of fused-ring (bicyclic) bond motifs is 5. The molecule has 250 valence electrons. The Morgan fingerprint density at radius 3 is 2.42 bits per heavy atom. The van der Waals surface area contributed by atoms with Crippen LogP contribution in [0, 0.1) is 46.3 Å². The molecule has 43 heavy (non-hydrogen) atoms. The summed E-state index contributed by atoms with van der Waals surface area (Å²) in [6.45, 7) is 8.10. The van der Waals surface area contributed by atoms with Crippen LogP contribution in [-0.4, -0.2) is 108 Å². The highest BCUT2D eigenvalue weighted by Gasteiger charge is 2.65. The van der Waals surface area contributed by atoms with Crippen molar-refractivity contribution in [2.45, 2.75) is 109 Å². The standard InChI is InChI=1S/C32H58N2O8S/c1-20(7-10-29(39)33-13-6-14-34(4,5)18-23(36)19-43(40,41)42)24-8-9-25-30-26(17-28(38)32(24,25)3)31(2)12-11-22(35)15-21(31)16-27(30)37/h20-28,30,35-38H,6-19H2,1-5H3,(H-,33,39,40,41,42)/p+1/t20-,21+,22-,23+,24-,25-,26-,27-,28+,30+,31+,32-/m1/s1. The Morgan fingerprint density at radius 1 is 1.05 bits per heavy atom. The molecule has 12 atom stereocenters. The first kappa shape index (κ1) is 35.0. The van der Waals surface area contributed by atoms with Gasteiger partial charge >= 0.3 is 0 Å². The van der Waals surface area contributed by atoms with Crippen LogP contribution >= 0.6 is 0 Å². The maximum Gasteiger partial charge on any atom is 0.267 e. The lowest BCUT2D eigenvalue weighted by Gasteiger charge is -2.63. The summed E-state index contributed by atoms with van der Waals surface area (Å²) in [4.78, 5) is 12.7. The fraction of sp³-hybridized carbons (Fsp3) is 0.969. The number of carbonyl (C=O) groups is 1. The number of amides is 1. The van der Waals surface area contributed by atoms with Gasteiger partial charge in [-0.2, -0.15) is 8.42 Å². The third-order valence-corrected chi connectivity index (χ3v) is 13.5. The molecule has 0 saturated heterocycles. The van der Waals surface area contributed by atoms with E-state index in [9.17, 15) is 33.6 Å². The van der Waals surface area contributed by atoms with Crippen molar-refractivity contribution in [3.8, 4) is 0 Å². The second kappa shape index (κ2) is 13.1. The average molecular weight is 632 g/mol. The van der Waals surface area contributed by atoms with Crippen LogP contribution in [0.4, 0.5) is 0 Å². The summed E-state index contributed by atoms with van der Waals surface area (Å²) < 4.78 is 31.3. The summed E-state index contributed by atoms with van der Waals surface area (Å²) >= 11 is 0. The minimum absolute atomic E-state index is 0.00585. The Labute approximate surface area is 259 Å². The van der Waals surface area contributed by atoms with E-state index in [0.29, 0.717) is 48.7 Å². The molecule has 0 aromatic heterocycles. The van der Waals surface area contributed by atoms with Gasteiger partial charge in [-0.1, -0.05) is 20.8 Å². The summed E-state index contributed by atoms with van der Waals surface area (Å²) in [6, 6.07) is 0. The highest BCUT2D eigenvalue weighted by atomic mass is 32.2. The maximum absolute atomic E-state index is 12.7. The lowest BCUT2D eigenvalue weighted by atomic mass is 9.43. The third kappa shape index (κ3) is 7.60. The molecule has 1 amide bonds. The van der Waals surface area contributed by atoms with Crippen molar-refractivity contribution >= 4 is 16.0 Å². The molecule has 4 aliphatic carbocycles. The number of quaternary nitrogens is 1. The zero-order valence-electron chi connectivity index (χ0n) is 27.0. The minimum atomic E-state index is -4.23. The molecular formula is C32H59N2O8S+. The first-order valence-corrected chi connectivity index (χ1v) is 18.2. The number of rotatable bonds is 12. The zero-order chi connectivity index (χ0) is 32.0. The van der Waals surface area contributed by atoms with Crippen molar-refractivity contribution in [1.82, 2.24) is 5.32 Å². The van der Waals surface area contributed by atoms with Crippen molar-refractivity contribution in [1.29, 1.82) is 0 Å². The van der Waals surface area contributed by atoms with E-state index in [1.807, 2.05) is 14.1 Å². The molecule has 0 spiro atoms. The third-order valence-electron chi connectivity index (χ3n) is 12.7. The largest absolute Gasteiger partial charge is 0.393 e. The molecule has 0 radical (unpaired) electrons. The number of hydrogen-bond donors (Lipinski definition) is 6. The van der Waals surface area contributed by atoms with Gasteiger partial charge in [0, 0.05) is 19.4 Å². The number of carbonyl (C=O) groups excluding carboxylic acids is 1. The predicted molar refractivity (Wildman–Crippen MR) is 164 cm³/mol. The summed E-state index contributed by atoms with van der Waals surface area (Å²) in [5.74, 6) is 0.890. The SMILES string of the molecule is C[C@H](CCC(=O)NCCC[N+](C)(C)C[C@H](O)CS(=O)(=O)O)[C@H]1CC[C@@H]2[C@@H]3[C@H](O)C[C@@H]4C[C@H](O)CC[C@]4(C)[C@@H]3C[C@H](O)[C@@]21C. The maximum atomic E-state index is 12.7. The van der Waals surface area contributed by atoms with Gasteiger partial charge in [0.25, 0.3) is 10.1 Å². The summed E-state index contributed by atoms with van der Waals surface area (Å²) in [5, 5.41) is 46.5. The van der Waals surface area contributed by atoms with Crippen molar-refractivity contribution in [3.63, 3.8) is 0 Å². The number of nitrogens with one attached hydrogen (secondary N) is 1. The van der Waals surface area contributed by atoms with Gasteiger partial charge < -0.3 is 30.2 Å². The Morgan fingerprint density at radius 2 is 1.74 bits per heavy atom. The van der Waals surface area contributed by atoms with Crippen LogP contribution in [0.15, 0.2) is 0 Å². The molecule has 0 heterocycles. The second-order valence-corrected chi connectivity index (χ2v) is 17.5. The van der Waals surface area contributed by atoms with Crippen LogP contribution in [0.1, 0.15) is 85.0 Å². The molecule has 10 nitrogen and oxygen atoms in total. The number of aliphatic hydroxyl groups excluding tert-OH is 4. The van der Waals surface area contributed by atoms with E-state index >= 15 is 0 Å². The highest BCUT2D eigenvalue weighted by Crippen LogP contribution is 2.68. The molecule has 4 rings (SSSR count). The van der Waals surface area contributed by atoms with Gasteiger partial charge in [0.2, 0.25) is 5.91 Å². The quantitative estimate of drug-likeness (QED) is 0.108. The molecular weight excluding hydrogens is 572 g/mol. The molecule has 0 aromatic rings. The number of likely N-dealkylation sites (N-methyl/N-ethyl adjacent to an activating group) is 1. The number of aliphatic hydroxyl groups is 4. The van der Waals surface area contributed by atoms with Crippen LogP contribution in [0.5, 0.6) is 0 Å². The summed E-state index contributed by atoms with van der Waals surface area (Å²) in [7, 11) is -0.484. The minimum Gasteiger partial charge on any atom is -0.393 e. The van der Waals surface area contributed by atoms with Crippen molar-refractivity contribution < 1.29 is 42.7 Å². The van der Waals surface area contributed by atoms with Crippen LogP contribution in [0.2, 0.25) is 0 Å². The predicted octanol–water partition coefficient (Wildman–Crippen LogP) is 2.20. The monoisotopic (exact) mass is 631 g/mol. The van der Waals surface area contributed by atoms with Gasteiger partial charge in [-0.05, 0) is 97.7 Å². The van der Waals surface area contributed by atoms with E-state index in [1.165, 1.54) is 0 Å². The van der Waals surface area contributed by atoms with Crippen LogP contribution < -0.4 is 5.32 Å². The average Bonchev–Trinajstić information content (AvgIpc) is 3.24. The molecule has 6 N–H and O–H groups in total. The van der Waals surface area contributed by atoms with E-state index in [2.05, 4.69) is 26.1 Å². The van der Waals surface area contributed by atoms with E-state index in [-0.39, 0.29) is 59.2 Å². The Bertz CT molecular complexity index is 1090. The van der Waals surface area contributed by atoms with Crippen LogP contribution in [0.3, 0.4) is 0 Å². The molecule has 4 fully saturated rings. The fourth-order valence-corrected chi connectivity index (χ4v) is 11.1. The molecule has 4 saturated carbocycles. The summed E-state index contributed by atoms with van der Waals surface area (Å²) in [6.07, 6.45) is 5.56. The Hall–Kier alpha value is -0.820. The smallest absolute Gasteiger partial charge is 0.267 e. The first-order chi connectivity index (χ1) is 19.9. The van der Waals surface area contributed by atoms with Gasteiger partial charge in [-0.15, -0.1) is 0 Å². The normalized spacial score (nSPS) is 41.1. The van der Waals surface area contributed by atoms with Gasteiger partial charge in [0.1, 0.15) is 18.4 Å². The Balaban J connectivity index is 1.27. The molecule has 11 heteroatoms. The van der Waals surface area contributed by atoms with Gasteiger partial charge in [0.05, 0.1) is 39.0 Å². The highest BCUT2D eigenvalue weighted by molar-refractivity contribution is 7.85. The lowest BCUT2D eigenvalue weighted by molar-refractivity contribution is -0.893. The molecule has 0 aromatic carbocycles. The zero-order valence-corrected chi connectivity index (χ0v) is 27.8. The van der Waals surface area contributed by atoms with E-state index in [0.717, 1.165) is 44.9 Å².